The highest BCUT2D eigenvalue weighted by molar-refractivity contribution is 7.12. The Morgan fingerprint density at radius 1 is 1.33 bits per heavy atom. The first-order chi connectivity index (χ1) is 11.7. The van der Waals surface area contributed by atoms with Crippen LogP contribution in [0.15, 0.2) is 29.8 Å². The van der Waals surface area contributed by atoms with Gasteiger partial charge in [0.1, 0.15) is 16.6 Å². The van der Waals surface area contributed by atoms with Crippen LogP contribution in [0.5, 0.6) is 0 Å². The minimum absolute atomic E-state index is 0.0711. The van der Waals surface area contributed by atoms with Crippen LogP contribution in [-0.4, -0.2) is 39.5 Å². The number of aromatic nitrogens is 2. The summed E-state index contributed by atoms with van der Waals surface area (Å²) in [5, 5.41) is 11.6. The quantitative estimate of drug-likeness (QED) is 0.905. The number of benzene rings is 1. The Balaban J connectivity index is 1.65. The van der Waals surface area contributed by atoms with E-state index in [0.717, 1.165) is 35.5 Å². The molecule has 126 valence electrons. The number of hydrogen-bond acceptors (Lipinski definition) is 5. The molecular formula is C17H20N4O2S. The third-order valence-electron chi connectivity index (χ3n) is 4.10. The third-order valence-corrected chi connectivity index (χ3v) is 4.84. The van der Waals surface area contributed by atoms with E-state index in [9.17, 15) is 9.59 Å². The molecule has 3 rings (SSSR count). The van der Waals surface area contributed by atoms with Gasteiger partial charge in [-0.3, -0.25) is 9.59 Å². The molecule has 0 saturated carbocycles. The van der Waals surface area contributed by atoms with Crippen molar-refractivity contribution in [2.45, 2.75) is 38.6 Å². The molecule has 6 nitrogen and oxygen atoms in total. The van der Waals surface area contributed by atoms with Gasteiger partial charge in [-0.15, -0.1) is 10.2 Å². The van der Waals surface area contributed by atoms with Crippen molar-refractivity contribution in [3.8, 4) is 10.6 Å². The van der Waals surface area contributed by atoms with Crippen molar-refractivity contribution in [1.82, 2.24) is 15.1 Å². The Morgan fingerprint density at radius 3 is 2.79 bits per heavy atom. The second-order valence-electron chi connectivity index (χ2n) is 5.81. The summed E-state index contributed by atoms with van der Waals surface area (Å²) in [6.45, 7) is 2.65. The van der Waals surface area contributed by atoms with Crippen LogP contribution in [0.4, 0.5) is 5.69 Å². The minimum atomic E-state index is -0.355. The molecule has 1 saturated heterocycles. The lowest BCUT2D eigenvalue weighted by Gasteiger charge is -2.23. The molecule has 2 heterocycles. The van der Waals surface area contributed by atoms with Crippen LogP contribution in [0.25, 0.3) is 10.6 Å². The molecule has 0 bridgehead atoms. The van der Waals surface area contributed by atoms with E-state index in [1.807, 2.05) is 31.2 Å². The van der Waals surface area contributed by atoms with Gasteiger partial charge < -0.3 is 10.2 Å². The van der Waals surface area contributed by atoms with Crippen molar-refractivity contribution in [2.24, 2.45) is 0 Å². The molecule has 1 aliphatic heterocycles. The zero-order valence-corrected chi connectivity index (χ0v) is 14.4. The zero-order valence-electron chi connectivity index (χ0n) is 13.6. The predicted octanol–water partition coefficient (Wildman–Crippen LogP) is 2.93. The van der Waals surface area contributed by atoms with E-state index in [1.165, 1.54) is 11.3 Å². The lowest BCUT2D eigenvalue weighted by molar-refractivity contribution is -0.136. The van der Waals surface area contributed by atoms with Crippen LogP contribution < -0.4 is 5.32 Å². The Morgan fingerprint density at radius 2 is 2.12 bits per heavy atom. The van der Waals surface area contributed by atoms with Gasteiger partial charge in [-0.05, 0) is 43.5 Å². The Bertz CT molecular complexity index is 700. The van der Waals surface area contributed by atoms with Crippen LogP contribution in [0.2, 0.25) is 0 Å². The monoisotopic (exact) mass is 344 g/mol. The maximum Gasteiger partial charge on any atom is 0.247 e. The van der Waals surface area contributed by atoms with Gasteiger partial charge in [0, 0.05) is 24.2 Å². The molecular weight excluding hydrogens is 324 g/mol. The van der Waals surface area contributed by atoms with E-state index < -0.39 is 0 Å². The lowest BCUT2D eigenvalue weighted by atomic mass is 10.1. The van der Waals surface area contributed by atoms with Gasteiger partial charge in [0.25, 0.3) is 0 Å². The van der Waals surface area contributed by atoms with Crippen molar-refractivity contribution in [3.05, 3.63) is 29.8 Å². The molecule has 2 aromatic rings. The van der Waals surface area contributed by atoms with E-state index in [-0.39, 0.29) is 17.9 Å². The molecule has 1 fully saturated rings. The average molecular weight is 344 g/mol. The number of carbonyl (C=O) groups is 2. The SMILES string of the molecule is CCCC(=O)N1CCC[C@@H]1C(=O)Nc1ccc(-c2nncs2)cc1. The maximum absolute atomic E-state index is 12.5. The molecule has 1 aromatic heterocycles. The fourth-order valence-corrected chi connectivity index (χ4v) is 3.48. The summed E-state index contributed by atoms with van der Waals surface area (Å²) < 4.78 is 0. The summed E-state index contributed by atoms with van der Waals surface area (Å²) in [6, 6.07) is 7.16. The van der Waals surface area contributed by atoms with E-state index in [2.05, 4.69) is 15.5 Å². The van der Waals surface area contributed by atoms with Gasteiger partial charge in [0.05, 0.1) is 0 Å². The molecule has 1 aliphatic rings. The molecule has 24 heavy (non-hydrogen) atoms. The summed E-state index contributed by atoms with van der Waals surface area (Å²) in [5.74, 6) is -0.0395. The van der Waals surface area contributed by atoms with Gasteiger partial charge >= 0.3 is 0 Å². The summed E-state index contributed by atoms with van der Waals surface area (Å²) in [4.78, 5) is 26.4. The molecule has 1 atom stereocenters. The number of hydrogen-bond donors (Lipinski definition) is 1. The molecule has 0 spiro atoms. The number of nitrogens with zero attached hydrogens (tertiary/aromatic N) is 3. The van der Waals surface area contributed by atoms with Crippen molar-refractivity contribution in [3.63, 3.8) is 0 Å². The van der Waals surface area contributed by atoms with E-state index in [1.54, 1.807) is 10.4 Å². The summed E-state index contributed by atoms with van der Waals surface area (Å²) in [7, 11) is 0. The van der Waals surface area contributed by atoms with Gasteiger partial charge in [-0.1, -0.05) is 18.3 Å². The number of amides is 2. The highest BCUT2D eigenvalue weighted by atomic mass is 32.1. The molecule has 1 N–H and O–H groups in total. The van der Waals surface area contributed by atoms with E-state index in [0.29, 0.717) is 13.0 Å². The third kappa shape index (κ3) is 3.62. The first-order valence-electron chi connectivity index (χ1n) is 8.16. The topological polar surface area (TPSA) is 75.2 Å². The Kier molecular flexibility index (Phi) is 5.20. The van der Waals surface area contributed by atoms with Crippen LogP contribution in [0, 0.1) is 0 Å². The number of likely N-dealkylation sites (tertiary alicyclic amines) is 1. The van der Waals surface area contributed by atoms with E-state index in [4.69, 9.17) is 0 Å². The average Bonchev–Trinajstić information content (AvgIpc) is 3.27. The molecule has 1 aromatic carbocycles. The summed E-state index contributed by atoms with van der Waals surface area (Å²) in [6.07, 6.45) is 2.91. The number of rotatable bonds is 5. The predicted molar refractivity (Wildman–Crippen MR) is 93.6 cm³/mol. The van der Waals surface area contributed by atoms with Crippen molar-refractivity contribution >= 4 is 28.8 Å². The zero-order chi connectivity index (χ0) is 16.9. The highest BCUT2D eigenvalue weighted by Gasteiger charge is 2.33. The van der Waals surface area contributed by atoms with Crippen LogP contribution >= 0.6 is 11.3 Å². The molecule has 0 aliphatic carbocycles. The van der Waals surface area contributed by atoms with Crippen LogP contribution in [0.3, 0.4) is 0 Å². The van der Waals surface area contributed by atoms with Gasteiger partial charge in [-0.25, -0.2) is 0 Å². The van der Waals surface area contributed by atoms with E-state index >= 15 is 0 Å². The van der Waals surface area contributed by atoms with Crippen LogP contribution in [0.1, 0.15) is 32.6 Å². The second kappa shape index (κ2) is 7.53. The smallest absolute Gasteiger partial charge is 0.247 e. The first kappa shape index (κ1) is 16.6. The Hall–Kier alpha value is -2.28. The van der Waals surface area contributed by atoms with Gasteiger partial charge in [0.2, 0.25) is 11.8 Å². The lowest BCUT2D eigenvalue weighted by Crippen LogP contribution is -2.43. The van der Waals surface area contributed by atoms with Gasteiger partial charge in [0.15, 0.2) is 0 Å². The number of nitrogens with one attached hydrogen (secondary N) is 1. The minimum Gasteiger partial charge on any atom is -0.331 e. The van der Waals surface area contributed by atoms with Crippen LogP contribution in [-0.2, 0) is 9.59 Å². The molecule has 7 heteroatoms. The maximum atomic E-state index is 12.5. The summed E-state index contributed by atoms with van der Waals surface area (Å²) >= 11 is 1.47. The van der Waals surface area contributed by atoms with Crippen molar-refractivity contribution in [2.75, 3.05) is 11.9 Å². The fourth-order valence-electron chi connectivity index (χ4n) is 2.92. The molecule has 0 unspecified atom stereocenters. The standard InChI is InChI=1S/C17H20N4O2S/c1-2-4-15(22)21-10-3-5-14(21)16(23)19-13-8-6-12(7-9-13)17-20-18-11-24-17/h6-9,11,14H,2-5,10H2,1H3,(H,19,23)/t14-/m1/s1. The number of carbonyl (C=O) groups excluding carboxylic acids is 2. The second-order valence-corrected chi connectivity index (χ2v) is 6.64. The van der Waals surface area contributed by atoms with Gasteiger partial charge in [-0.2, -0.15) is 0 Å². The molecule has 2 amide bonds. The molecule has 0 radical (unpaired) electrons. The van der Waals surface area contributed by atoms with Crippen molar-refractivity contribution in [1.29, 1.82) is 0 Å². The largest absolute Gasteiger partial charge is 0.331 e. The summed E-state index contributed by atoms with van der Waals surface area (Å²) in [5.41, 5.74) is 3.38. The first-order valence-corrected chi connectivity index (χ1v) is 9.04. The number of anilines is 1. The highest BCUT2D eigenvalue weighted by Crippen LogP contribution is 2.24. The fraction of sp³-hybridized carbons (Fsp3) is 0.412. The normalized spacial score (nSPS) is 17.0. The Labute approximate surface area is 144 Å². The van der Waals surface area contributed by atoms with Crippen molar-refractivity contribution < 1.29 is 9.59 Å².